The van der Waals surface area contributed by atoms with Crippen molar-refractivity contribution in [1.82, 2.24) is 5.32 Å². The first-order chi connectivity index (χ1) is 7.97. The number of nitrogens with one attached hydrogen (secondary N) is 1. The van der Waals surface area contributed by atoms with Crippen molar-refractivity contribution in [3.05, 3.63) is 0 Å². The molecule has 6 nitrogen and oxygen atoms in total. The Morgan fingerprint density at radius 1 is 1.29 bits per heavy atom. The molecule has 17 heavy (non-hydrogen) atoms. The second-order valence-corrected chi connectivity index (χ2v) is 3.77. The summed E-state index contributed by atoms with van der Waals surface area (Å²) >= 11 is 0. The molecule has 1 aliphatic rings. The summed E-state index contributed by atoms with van der Waals surface area (Å²) in [5.74, 6) is -0.302. The molecule has 1 aliphatic heterocycles. The van der Waals surface area contributed by atoms with Crippen molar-refractivity contribution in [2.24, 2.45) is 0 Å². The number of rotatable bonds is 2. The Balaban J connectivity index is 0.00000121. The van der Waals surface area contributed by atoms with Gasteiger partial charge >= 0.3 is 0 Å². The molecule has 102 valence electrons. The molecule has 1 saturated heterocycles. The van der Waals surface area contributed by atoms with Gasteiger partial charge in [-0.25, -0.2) is 0 Å². The number of hydrogen-bond donors (Lipinski definition) is 4. The molecule has 0 aromatic rings. The molecular weight excluding hydrogens is 226 g/mol. The van der Waals surface area contributed by atoms with E-state index in [0.29, 0.717) is 0 Å². The largest absolute Gasteiger partial charge is 0.394 e. The van der Waals surface area contributed by atoms with Crippen molar-refractivity contribution >= 4 is 5.91 Å². The van der Waals surface area contributed by atoms with Crippen molar-refractivity contribution in [1.29, 1.82) is 0 Å². The number of amides is 1. The van der Waals surface area contributed by atoms with Crippen LogP contribution in [-0.2, 0) is 9.53 Å². The molecule has 1 amide bonds. The Morgan fingerprint density at radius 2 is 1.82 bits per heavy atom. The number of aliphatic hydroxyl groups is 3. The molecule has 0 aromatic carbocycles. The van der Waals surface area contributed by atoms with E-state index in [0.717, 1.165) is 0 Å². The minimum atomic E-state index is -1.19. The standard InChI is InChI=1S/C9H17NO5.C2H6/c1-4-7(10-5(2)12)9(14)8(13)6(3-11)15-4;1-2/h4,6-9,11,13-14H,3H2,1-2H3,(H,10,12);1-2H3/t4-,6?,7+,8+,9?;/m0./s1. The Hall–Kier alpha value is -0.690. The zero-order valence-electron chi connectivity index (χ0n) is 10.8. The number of carbonyl (C=O) groups excluding carboxylic acids is 1. The molecule has 6 heteroatoms. The number of hydrogen-bond acceptors (Lipinski definition) is 5. The third kappa shape index (κ3) is 4.23. The summed E-state index contributed by atoms with van der Waals surface area (Å²) in [6.07, 6.45) is -3.58. The van der Waals surface area contributed by atoms with Gasteiger partial charge in [0.25, 0.3) is 0 Å². The molecule has 0 saturated carbocycles. The maximum Gasteiger partial charge on any atom is 0.217 e. The summed E-state index contributed by atoms with van der Waals surface area (Å²) < 4.78 is 5.26. The molecule has 0 spiro atoms. The van der Waals surface area contributed by atoms with Crippen molar-refractivity contribution in [2.75, 3.05) is 6.61 Å². The molecule has 0 aliphatic carbocycles. The van der Waals surface area contributed by atoms with Crippen LogP contribution in [0.15, 0.2) is 0 Å². The van der Waals surface area contributed by atoms with E-state index in [-0.39, 0.29) is 12.5 Å². The lowest BCUT2D eigenvalue weighted by Gasteiger charge is -2.41. The molecule has 2 unspecified atom stereocenters. The van der Waals surface area contributed by atoms with Gasteiger partial charge in [0.15, 0.2) is 0 Å². The smallest absolute Gasteiger partial charge is 0.217 e. The fourth-order valence-corrected chi connectivity index (χ4v) is 1.74. The number of ether oxygens (including phenoxy) is 1. The molecule has 5 atom stereocenters. The molecule has 0 bridgehead atoms. The average molecular weight is 249 g/mol. The monoisotopic (exact) mass is 249 g/mol. The van der Waals surface area contributed by atoms with Gasteiger partial charge in [0, 0.05) is 6.92 Å². The lowest BCUT2D eigenvalue weighted by molar-refractivity contribution is -0.190. The van der Waals surface area contributed by atoms with Gasteiger partial charge in [-0.3, -0.25) is 4.79 Å². The van der Waals surface area contributed by atoms with E-state index < -0.39 is 30.5 Å². The van der Waals surface area contributed by atoms with Crippen LogP contribution >= 0.6 is 0 Å². The topological polar surface area (TPSA) is 99.0 Å². The maximum atomic E-state index is 10.9. The molecule has 0 radical (unpaired) electrons. The molecule has 0 aromatic heterocycles. The number of aliphatic hydroxyl groups excluding tert-OH is 3. The van der Waals surface area contributed by atoms with Gasteiger partial charge in [-0.1, -0.05) is 13.8 Å². The van der Waals surface area contributed by atoms with Gasteiger partial charge < -0.3 is 25.4 Å². The van der Waals surface area contributed by atoms with Crippen LogP contribution in [0.1, 0.15) is 27.7 Å². The summed E-state index contributed by atoms with van der Waals surface area (Å²) in [5, 5.41) is 30.6. The van der Waals surface area contributed by atoms with E-state index in [4.69, 9.17) is 9.84 Å². The van der Waals surface area contributed by atoms with Crippen LogP contribution in [0, 0.1) is 0 Å². The summed E-state index contributed by atoms with van der Waals surface area (Å²) in [4.78, 5) is 10.9. The van der Waals surface area contributed by atoms with E-state index in [1.54, 1.807) is 6.92 Å². The third-order valence-corrected chi connectivity index (χ3v) is 2.54. The van der Waals surface area contributed by atoms with Gasteiger partial charge in [0.1, 0.15) is 18.3 Å². The van der Waals surface area contributed by atoms with Crippen molar-refractivity contribution < 1.29 is 24.9 Å². The average Bonchev–Trinajstić information content (AvgIpc) is 2.31. The second-order valence-electron chi connectivity index (χ2n) is 3.77. The van der Waals surface area contributed by atoms with Gasteiger partial charge in [-0.15, -0.1) is 0 Å². The van der Waals surface area contributed by atoms with Gasteiger partial charge in [-0.05, 0) is 6.92 Å². The van der Waals surface area contributed by atoms with Gasteiger partial charge in [-0.2, -0.15) is 0 Å². The Labute approximate surface area is 102 Å². The Bertz CT molecular complexity index is 236. The fraction of sp³-hybridized carbons (Fsp3) is 0.909. The first-order valence-corrected chi connectivity index (χ1v) is 5.87. The second kappa shape index (κ2) is 7.60. The molecule has 1 fully saturated rings. The van der Waals surface area contributed by atoms with E-state index in [1.807, 2.05) is 13.8 Å². The first-order valence-electron chi connectivity index (χ1n) is 5.87. The molecule has 4 N–H and O–H groups in total. The van der Waals surface area contributed by atoms with Crippen LogP contribution in [0.3, 0.4) is 0 Å². The highest BCUT2D eigenvalue weighted by atomic mass is 16.5. The summed E-state index contributed by atoms with van der Waals surface area (Å²) in [5.41, 5.74) is 0. The predicted octanol–water partition coefficient (Wildman–Crippen LogP) is -0.981. The highest BCUT2D eigenvalue weighted by Gasteiger charge is 2.42. The third-order valence-electron chi connectivity index (χ3n) is 2.54. The van der Waals surface area contributed by atoms with Crippen molar-refractivity contribution in [3.8, 4) is 0 Å². The van der Waals surface area contributed by atoms with E-state index >= 15 is 0 Å². The minimum Gasteiger partial charge on any atom is -0.394 e. The number of carbonyl (C=O) groups is 1. The van der Waals surface area contributed by atoms with Crippen LogP contribution in [0.2, 0.25) is 0 Å². The first kappa shape index (κ1) is 16.3. The quantitative estimate of drug-likeness (QED) is 0.504. The van der Waals surface area contributed by atoms with E-state index in [1.165, 1.54) is 6.92 Å². The van der Waals surface area contributed by atoms with E-state index in [9.17, 15) is 15.0 Å². The van der Waals surface area contributed by atoms with Crippen LogP contribution in [0.25, 0.3) is 0 Å². The minimum absolute atomic E-state index is 0.302. The molecular formula is C11H23NO5. The van der Waals surface area contributed by atoms with Gasteiger partial charge in [0.05, 0.1) is 18.8 Å². The highest BCUT2D eigenvalue weighted by molar-refractivity contribution is 5.73. The normalized spacial score (nSPS) is 36.8. The van der Waals surface area contributed by atoms with Crippen LogP contribution in [0.5, 0.6) is 0 Å². The van der Waals surface area contributed by atoms with Crippen LogP contribution in [0.4, 0.5) is 0 Å². The molecule has 1 heterocycles. The summed E-state index contributed by atoms with van der Waals surface area (Å²) in [6.45, 7) is 6.62. The lowest BCUT2D eigenvalue weighted by Crippen LogP contribution is -2.63. The lowest BCUT2D eigenvalue weighted by atomic mass is 9.93. The van der Waals surface area contributed by atoms with E-state index in [2.05, 4.69) is 5.32 Å². The zero-order valence-corrected chi connectivity index (χ0v) is 10.8. The van der Waals surface area contributed by atoms with Crippen LogP contribution in [-0.4, -0.2) is 58.3 Å². The van der Waals surface area contributed by atoms with Crippen LogP contribution < -0.4 is 5.32 Å². The Kier molecular flexibility index (Phi) is 7.29. The molecule has 1 rings (SSSR count). The zero-order chi connectivity index (χ0) is 13.6. The highest BCUT2D eigenvalue weighted by Crippen LogP contribution is 2.20. The Morgan fingerprint density at radius 3 is 2.24 bits per heavy atom. The maximum absolute atomic E-state index is 10.9. The SMILES string of the molecule is CC.CC(=O)N[C@H]1C(O)[C@H](O)C(CO)O[C@H]1C. The summed E-state index contributed by atoms with van der Waals surface area (Å²) in [6, 6.07) is -0.653. The summed E-state index contributed by atoms with van der Waals surface area (Å²) in [7, 11) is 0. The predicted molar refractivity (Wildman–Crippen MR) is 62.4 cm³/mol. The van der Waals surface area contributed by atoms with Crippen molar-refractivity contribution in [3.63, 3.8) is 0 Å². The fourth-order valence-electron chi connectivity index (χ4n) is 1.74. The van der Waals surface area contributed by atoms with Gasteiger partial charge in [0.2, 0.25) is 5.91 Å². The van der Waals surface area contributed by atoms with Crippen molar-refractivity contribution in [2.45, 2.75) is 58.2 Å².